The molecule has 2 heterocycles. The van der Waals surface area contributed by atoms with Gasteiger partial charge in [0.1, 0.15) is 0 Å². The molecule has 3 fully saturated rings. The average molecular weight is 995 g/mol. The standard InChI is InChI=1S/C24H27F3N2O4S.C24H29F3N2O4S/c25-24(26,27)23(31,18-3-1-2-4-18)19-8-10-20(11-9-19)29-21(30)13-17-7-12-22(28-14-17)34(32,33)15-16-5-6-16;1-16(2)11-12-23(31,24(25,26)27)19-6-8-20(9-7-19)29-21(30)13-18-5-10-22(28-14-18)34(32,33)15-17-3-4-17/h7-12,14,16,18,31H,1-6,13,15H2,(H,29,30);5-10,14,16-17,31H,3-4,11-13,15H2,1-2H3,(H,29,30). The average Bonchev–Trinajstić information content (AvgIpc) is 4.20. The van der Waals surface area contributed by atoms with E-state index in [-0.39, 0.29) is 75.4 Å². The van der Waals surface area contributed by atoms with E-state index in [0.717, 1.165) is 37.8 Å². The maximum absolute atomic E-state index is 13.8. The number of anilines is 2. The first kappa shape index (κ1) is 52.5. The zero-order chi connectivity index (χ0) is 49.7. The molecule has 20 heteroatoms. The van der Waals surface area contributed by atoms with Gasteiger partial charge in [-0.05, 0) is 128 Å². The highest BCUT2D eigenvalue weighted by molar-refractivity contribution is 7.91. The topological polar surface area (TPSA) is 193 Å². The van der Waals surface area contributed by atoms with Crippen LogP contribution < -0.4 is 10.6 Å². The number of alkyl halides is 6. The molecule has 370 valence electrons. The second-order valence-corrected chi connectivity index (χ2v) is 22.6. The summed E-state index contributed by atoms with van der Waals surface area (Å²) in [5.74, 6) is -1.19. The SMILES string of the molecule is CC(C)CCC(O)(c1ccc(NC(=O)Cc2ccc(S(=O)(=O)CC3CC3)nc2)cc1)C(F)(F)F.O=C(Cc1ccc(S(=O)(=O)CC2CC2)nc1)Nc1ccc(C(O)(C2CCCC2)C(F)(F)F)cc1. The summed E-state index contributed by atoms with van der Waals surface area (Å²) in [4.78, 5) is 32.7. The molecule has 0 saturated heterocycles. The maximum atomic E-state index is 13.8. The van der Waals surface area contributed by atoms with Gasteiger partial charge in [-0.1, -0.05) is 63.1 Å². The Kier molecular flexibility index (Phi) is 16.2. The molecule has 3 aliphatic rings. The number of amides is 2. The van der Waals surface area contributed by atoms with Crippen molar-refractivity contribution in [2.45, 2.75) is 125 Å². The highest BCUT2D eigenvalue weighted by Gasteiger charge is 2.59. The van der Waals surface area contributed by atoms with Gasteiger partial charge in [0.2, 0.25) is 11.8 Å². The largest absolute Gasteiger partial charge is 0.421 e. The van der Waals surface area contributed by atoms with Gasteiger partial charge in [0.15, 0.2) is 40.9 Å². The van der Waals surface area contributed by atoms with Crippen LogP contribution >= 0.6 is 0 Å². The number of carbonyl (C=O) groups excluding carboxylic acids is 2. The molecule has 4 aromatic rings. The first-order valence-corrected chi connectivity index (χ1v) is 25.8. The second-order valence-electron chi connectivity index (χ2n) is 18.6. The number of sulfone groups is 2. The number of hydrogen-bond acceptors (Lipinski definition) is 10. The van der Waals surface area contributed by atoms with E-state index in [1.165, 1.54) is 73.1 Å². The third-order valence-corrected chi connectivity index (χ3v) is 16.0. The number of halogens is 6. The molecule has 2 aromatic heterocycles. The van der Waals surface area contributed by atoms with Gasteiger partial charge >= 0.3 is 12.4 Å². The fourth-order valence-corrected chi connectivity index (χ4v) is 11.3. The molecule has 0 radical (unpaired) electrons. The van der Waals surface area contributed by atoms with Gasteiger partial charge in [-0.3, -0.25) is 9.59 Å². The molecular weight excluding hydrogens is 939 g/mol. The van der Waals surface area contributed by atoms with Gasteiger partial charge in [-0.2, -0.15) is 26.3 Å². The van der Waals surface area contributed by atoms with Crippen LogP contribution in [0.1, 0.15) is 100 Å². The first-order valence-electron chi connectivity index (χ1n) is 22.5. The molecule has 2 atom stereocenters. The summed E-state index contributed by atoms with van der Waals surface area (Å²) < 4.78 is 131. The smallest absolute Gasteiger partial charge is 0.376 e. The predicted octanol–water partition coefficient (Wildman–Crippen LogP) is 9.02. The van der Waals surface area contributed by atoms with Crippen molar-refractivity contribution in [1.82, 2.24) is 9.97 Å². The van der Waals surface area contributed by atoms with E-state index in [4.69, 9.17) is 0 Å². The van der Waals surface area contributed by atoms with Crippen molar-refractivity contribution in [3.8, 4) is 0 Å². The van der Waals surface area contributed by atoms with E-state index in [2.05, 4.69) is 20.6 Å². The normalized spacial score (nSPS) is 17.7. The Balaban J connectivity index is 0.000000224. The van der Waals surface area contributed by atoms with Crippen LogP contribution in [0.3, 0.4) is 0 Å². The first-order chi connectivity index (χ1) is 31.8. The fourth-order valence-electron chi connectivity index (χ4n) is 8.10. The van der Waals surface area contributed by atoms with Gasteiger partial charge < -0.3 is 20.8 Å². The van der Waals surface area contributed by atoms with E-state index < -0.39 is 67.4 Å². The van der Waals surface area contributed by atoms with Gasteiger partial charge in [0.05, 0.1) is 24.3 Å². The van der Waals surface area contributed by atoms with Crippen LogP contribution in [0.2, 0.25) is 0 Å². The number of benzene rings is 2. The molecule has 2 unspecified atom stereocenters. The lowest BCUT2D eigenvalue weighted by atomic mass is 9.79. The van der Waals surface area contributed by atoms with Crippen molar-refractivity contribution in [2.75, 3.05) is 22.1 Å². The van der Waals surface area contributed by atoms with Gasteiger partial charge in [0.25, 0.3) is 0 Å². The molecule has 12 nitrogen and oxygen atoms in total. The lowest BCUT2D eigenvalue weighted by Crippen LogP contribution is -2.47. The highest BCUT2D eigenvalue weighted by atomic mass is 32.2. The van der Waals surface area contributed by atoms with Crippen LogP contribution in [0.25, 0.3) is 0 Å². The number of aromatic nitrogens is 2. The fraction of sp³-hybridized carbons (Fsp3) is 0.500. The van der Waals surface area contributed by atoms with Crippen molar-refractivity contribution < 1.29 is 63.0 Å². The summed E-state index contributed by atoms with van der Waals surface area (Å²) in [6.07, 6.45) is -1.83. The molecule has 4 N–H and O–H groups in total. The minimum atomic E-state index is -4.84. The Bertz CT molecular complexity index is 2580. The van der Waals surface area contributed by atoms with Crippen molar-refractivity contribution >= 4 is 42.9 Å². The van der Waals surface area contributed by atoms with E-state index in [1.807, 2.05) is 0 Å². The van der Waals surface area contributed by atoms with Crippen LogP contribution in [-0.4, -0.2) is 72.7 Å². The molecule has 2 aromatic carbocycles. The summed E-state index contributed by atoms with van der Waals surface area (Å²) in [5, 5.41) is 26.2. The molecule has 0 spiro atoms. The predicted molar refractivity (Wildman–Crippen MR) is 242 cm³/mol. The van der Waals surface area contributed by atoms with Gasteiger partial charge in [-0.15, -0.1) is 0 Å². The van der Waals surface area contributed by atoms with Crippen LogP contribution in [0, 0.1) is 23.7 Å². The summed E-state index contributed by atoms with van der Waals surface area (Å²) in [6, 6.07) is 15.8. The van der Waals surface area contributed by atoms with E-state index in [1.54, 1.807) is 13.8 Å². The Morgan fingerprint density at radius 2 is 1.03 bits per heavy atom. The van der Waals surface area contributed by atoms with Crippen LogP contribution in [0.5, 0.6) is 0 Å². The summed E-state index contributed by atoms with van der Waals surface area (Å²) in [5.41, 5.74) is -4.83. The number of nitrogens with zero attached hydrogens (tertiary/aromatic N) is 2. The van der Waals surface area contributed by atoms with Crippen molar-refractivity contribution in [1.29, 1.82) is 0 Å². The second kappa shape index (κ2) is 21.0. The van der Waals surface area contributed by atoms with E-state index in [9.17, 15) is 63.0 Å². The van der Waals surface area contributed by atoms with Crippen LogP contribution in [-0.2, 0) is 53.3 Å². The number of hydrogen-bond donors (Lipinski definition) is 4. The maximum Gasteiger partial charge on any atom is 0.421 e. The number of rotatable bonds is 18. The van der Waals surface area contributed by atoms with Crippen LogP contribution in [0.4, 0.5) is 37.7 Å². The molecule has 68 heavy (non-hydrogen) atoms. The molecule has 3 aliphatic carbocycles. The minimum absolute atomic E-state index is 0.00528. The Morgan fingerprint density at radius 3 is 1.37 bits per heavy atom. The molecule has 7 rings (SSSR count). The zero-order valence-corrected chi connectivity index (χ0v) is 39.2. The molecule has 3 saturated carbocycles. The number of carbonyl (C=O) groups is 2. The molecule has 0 bridgehead atoms. The number of nitrogens with one attached hydrogen (secondary N) is 2. The quantitative estimate of drug-likeness (QED) is 0.0700. The van der Waals surface area contributed by atoms with Gasteiger partial charge in [-0.25, -0.2) is 26.8 Å². The Hall–Kier alpha value is -4.92. The van der Waals surface area contributed by atoms with E-state index >= 15 is 0 Å². The van der Waals surface area contributed by atoms with Crippen molar-refractivity contribution in [3.63, 3.8) is 0 Å². The summed E-state index contributed by atoms with van der Waals surface area (Å²) in [6.45, 7) is 3.57. The lowest BCUT2D eigenvalue weighted by Gasteiger charge is -2.36. The third-order valence-electron chi connectivity index (χ3n) is 12.5. The summed E-state index contributed by atoms with van der Waals surface area (Å²) in [7, 11) is -6.87. The van der Waals surface area contributed by atoms with Crippen LogP contribution in [0.15, 0.2) is 95.2 Å². The molecular formula is C48H56F6N4O8S2. The lowest BCUT2D eigenvalue weighted by molar-refractivity contribution is -0.286. The summed E-state index contributed by atoms with van der Waals surface area (Å²) >= 11 is 0. The molecule has 2 amide bonds. The Morgan fingerprint density at radius 1 is 0.618 bits per heavy atom. The van der Waals surface area contributed by atoms with E-state index in [0.29, 0.717) is 42.5 Å². The van der Waals surface area contributed by atoms with Gasteiger partial charge in [0, 0.05) is 29.7 Å². The number of aliphatic hydroxyl groups is 2. The Labute approximate surface area is 392 Å². The van der Waals surface area contributed by atoms with Crippen molar-refractivity contribution in [2.24, 2.45) is 23.7 Å². The number of pyridine rings is 2. The minimum Gasteiger partial charge on any atom is -0.376 e. The van der Waals surface area contributed by atoms with Crippen molar-refractivity contribution in [3.05, 3.63) is 107 Å². The third kappa shape index (κ3) is 13.4. The zero-order valence-electron chi connectivity index (χ0n) is 37.6. The molecule has 0 aliphatic heterocycles. The highest BCUT2D eigenvalue weighted by Crippen LogP contribution is 2.50. The monoisotopic (exact) mass is 994 g/mol.